The summed E-state index contributed by atoms with van der Waals surface area (Å²) in [6.45, 7) is 10.4. The SMILES string of the molecule is CC[C@H](C)N(Cc1ccccc1OS(C)(=O)=O)C(=O)CC(C)(C)C. The van der Waals surface area contributed by atoms with Crippen molar-refractivity contribution in [2.45, 2.75) is 60.0 Å². The van der Waals surface area contributed by atoms with Crippen LogP contribution in [0.4, 0.5) is 0 Å². The smallest absolute Gasteiger partial charge is 0.306 e. The van der Waals surface area contributed by atoms with Gasteiger partial charge in [-0.05, 0) is 24.8 Å². The molecule has 0 bridgehead atoms. The summed E-state index contributed by atoms with van der Waals surface area (Å²) < 4.78 is 28.0. The van der Waals surface area contributed by atoms with Crippen molar-refractivity contribution in [2.24, 2.45) is 5.41 Å². The van der Waals surface area contributed by atoms with E-state index in [2.05, 4.69) is 0 Å². The minimum Gasteiger partial charge on any atom is -0.382 e. The van der Waals surface area contributed by atoms with Crippen LogP contribution >= 0.6 is 0 Å². The van der Waals surface area contributed by atoms with E-state index in [1.807, 2.05) is 40.7 Å². The molecule has 0 unspecified atom stereocenters. The first kappa shape index (κ1) is 20.5. The van der Waals surface area contributed by atoms with E-state index in [0.717, 1.165) is 12.7 Å². The Morgan fingerprint density at radius 3 is 2.33 bits per heavy atom. The zero-order valence-electron chi connectivity index (χ0n) is 15.5. The molecule has 0 aliphatic rings. The minimum absolute atomic E-state index is 0.0611. The Morgan fingerprint density at radius 2 is 1.83 bits per heavy atom. The van der Waals surface area contributed by atoms with E-state index in [-0.39, 0.29) is 23.1 Å². The second-order valence-electron chi connectivity index (χ2n) is 7.41. The number of hydrogen-bond donors (Lipinski definition) is 0. The second kappa shape index (κ2) is 8.01. The predicted octanol–water partition coefficient (Wildman–Crippen LogP) is 3.59. The summed E-state index contributed by atoms with van der Waals surface area (Å²) in [5, 5.41) is 0. The highest BCUT2D eigenvalue weighted by molar-refractivity contribution is 7.86. The van der Waals surface area contributed by atoms with Crippen LogP contribution in [0.15, 0.2) is 24.3 Å². The van der Waals surface area contributed by atoms with Gasteiger partial charge in [0.2, 0.25) is 5.91 Å². The number of benzene rings is 1. The van der Waals surface area contributed by atoms with Gasteiger partial charge in [-0.25, -0.2) is 0 Å². The van der Waals surface area contributed by atoms with E-state index in [1.165, 1.54) is 0 Å². The second-order valence-corrected chi connectivity index (χ2v) is 8.99. The van der Waals surface area contributed by atoms with Crippen LogP contribution in [-0.2, 0) is 21.5 Å². The molecule has 1 amide bonds. The van der Waals surface area contributed by atoms with Crippen LogP contribution < -0.4 is 4.18 Å². The number of nitrogens with zero attached hydrogens (tertiary/aromatic N) is 1. The van der Waals surface area contributed by atoms with Gasteiger partial charge in [-0.2, -0.15) is 8.42 Å². The molecule has 5 nitrogen and oxygen atoms in total. The summed E-state index contributed by atoms with van der Waals surface area (Å²) >= 11 is 0. The number of carbonyl (C=O) groups excluding carboxylic acids is 1. The summed E-state index contributed by atoms with van der Waals surface area (Å²) in [5.41, 5.74) is 0.580. The van der Waals surface area contributed by atoms with E-state index >= 15 is 0 Å². The third-order valence-corrected chi connectivity index (χ3v) is 4.16. The lowest BCUT2D eigenvalue weighted by atomic mass is 9.91. The zero-order chi connectivity index (χ0) is 18.5. The summed E-state index contributed by atoms with van der Waals surface area (Å²) in [7, 11) is -3.61. The lowest BCUT2D eigenvalue weighted by Crippen LogP contribution is -2.39. The molecule has 0 saturated carbocycles. The molecule has 1 atom stereocenters. The maximum absolute atomic E-state index is 12.7. The summed E-state index contributed by atoms with van der Waals surface area (Å²) in [6.07, 6.45) is 2.28. The Labute approximate surface area is 146 Å². The van der Waals surface area contributed by atoms with E-state index in [1.54, 1.807) is 23.1 Å². The fourth-order valence-electron chi connectivity index (χ4n) is 2.33. The molecule has 6 heteroatoms. The lowest BCUT2D eigenvalue weighted by Gasteiger charge is -2.32. The number of amides is 1. The highest BCUT2D eigenvalue weighted by atomic mass is 32.2. The number of hydrogen-bond acceptors (Lipinski definition) is 4. The van der Waals surface area contributed by atoms with Crippen LogP contribution in [0.25, 0.3) is 0 Å². The van der Waals surface area contributed by atoms with Gasteiger partial charge in [0, 0.05) is 24.6 Å². The molecule has 0 aromatic heterocycles. The molecular weight excluding hydrogens is 326 g/mol. The molecule has 0 fully saturated rings. The highest BCUT2D eigenvalue weighted by Gasteiger charge is 2.25. The van der Waals surface area contributed by atoms with Gasteiger partial charge in [0.15, 0.2) is 0 Å². The molecule has 0 heterocycles. The normalized spacial score (nSPS) is 13.4. The van der Waals surface area contributed by atoms with Crippen molar-refractivity contribution in [3.05, 3.63) is 29.8 Å². The Bertz CT molecular complexity index is 662. The third kappa shape index (κ3) is 6.91. The Kier molecular flexibility index (Phi) is 6.84. The topological polar surface area (TPSA) is 63.7 Å². The Morgan fingerprint density at radius 1 is 1.25 bits per heavy atom. The first-order chi connectivity index (χ1) is 10.9. The van der Waals surface area contributed by atoms with Crippen LogP contribution in [0, 0.1) is 5.41 Å². The predicted molar refractivity (Wildman–Crippen MR) is 96.3 cm³/mol. The van der Waals surface area contributed by atoms with E-state index < -0.39 is 10.1 Å². The molecule has 0 spiro atoms. The largest absolute Gasteiger partial charge is 0.382 e. The Balaban J connectivity index is 3.10. The van der Waals surface area contributed by atoms with Crippen molar-refractivity contribution in [3.8, 4) is 5.75 Å². The molecule has 0 aliphatic carbocycles. The van der Waals surface area contributed by atoms with Crippen LogP contribution in [0.1, 0.15) is 53.0 Å². The molecule has 1 rings (SSSR count). The molecule has 0 saturated heterocycles. The average molecular weight is 356 g/mol. The average Bonchev–Trinajstić information content (AvgIpc) is 2.42. The maximum atomic E-state index is 12.7. The van der Waals surface area contributed by atoms with Crippen LogP contribution in [0.2, 0.25) is 0 Å². The fourth-order valence-corrected chi connectivity index (χ4v) is 2.82. The molecular formula is C18H29NO4S. The van der Waals surface area contributed by atoms with Gasteiger partial charge in [-0.1, -0.05) is 45.9 Å². The summed E-state index contributed by atoms with van der Waals surface area (Å²) in [6, 6.07) is 6.99. The van der Waals surface area contributed by atoms with E-state index in [9.17, 15) is 13.2 Å². The monoisotopic (exact) mass is 355 g/mol. The van der Waals surface area contributed by atoms with Crippen molar-refractivity contribution < 1.29 is 17.4 Å². The van der Waals surface area contributed by atoms with Crippen LogP contribution in [0.3, 0.4) is 0 Å². The van der Waals surface area contributed by atoms with Gasteiger partial charge in [-0.3, -0.25) is 4.79 Å². The number of rotatable bonds is 7. The maximum Gasteiger partial charge on any atom is 0.306 e. The van der Waals surface area contributed by atoms with Gasteiger partial charge >= 0.3 is 10.1 Å². The molecule has 0 aliphatic heterocycles. The first-order valence-corrected chi connectivity index (χ1v) is 10.0. The molecule has 136 valence electrons. The third-order valence-electron chi connectivity index (χ3n) is 3.68. The van der Waals surface area contributed by atoms with E-state index in [4.69, 9.17) is 4.18 Å². The van der Waals surface area contributed by atoms with Crippen molar-refractivity contribution in [1.82, 2.24) is 4.90 Å². The van der Waals surface area contributed by atoms with Crippen molar-refractivity contribution in [1.29, 1.82) is 0 Å². The van der Waals surface area contributed by atoms with Crippen molar-refractivity contribution in [2.75, 3.05) is 6.26 Å². The van der Waals surface area contributed by atoms with Crippen LogP contribution in [0.5, 0.6) is 5.75 Å². The zero-order valence-corrected chi connectivity index (χ0v) is 16.3. The molecule has 0 N–H and O–H groups in total. The quantitative estimate of drug-likeness (QED) is 0.701. The fraction of sp³-hybridized carbons (Fsp3) is 0.611. The molecule has 1 aromatic rings. The molecule has 24 heavy (non-hydrogen) atoms. The number of para-hydroxylation sites is 1. The lowest BCUT2D eigenvalue weighted by molar-refractivity contribution is -0.135. The molecule has 1 aromatic carbocycles. The van der Waals surface area contributed by atoms with Crippen LogP contribution in [-0.4, -0.2) is 31.5 Å². The van der Waals surface area contributed by atoms with E-state index in [0.29, 0.717) is 18.5 Å². The van der Waals surface area contributed by atoms with Gasteiger partial charge in [0.25, 0.3) is 0 Å². The van der Waals surface area contributed by atoms with Crippen molar-refractivity contribution >= 4 is 16.0 Å². The molecule has 0 radical (unpaired) electrons. The number of carbonyl (C=O) groups is 1. The Hall–Kier alpha value is -1.56. The first-order valence-electron chi connectivity index (χ1n) is 8.20. The van der Waals surface area contributed by atoms with Gasteiger partial charge in [-0.15, -0.1) is 0 Å². The van der Waals surface area contributed by atoms with Crippen molar-refractivity contribution in [3.63, 3.8) is 0 Å². The van der Waals surface area contributed by atoms with Gasteiger partial charge < -0.3 is 9.08 Å². The summed E-state index contributed by atoms with van der Waals surface area (Å²) in [4.78, 5) is 14.5. The minimum atomic E-state index is -3.61. The summed E-state index contributed by atoms with van der Waals surface area (Å²) in [5.74, 6) is 0.336. The van der Waals surface area contributed by atoms with Gasteiger partial charge in [0.05, 0.1) is 6.26 Å². The standard InChI is InChI=1S/C18H29NO4S/c1-7-14(2)19(17(20)12-18(3,4)5)13-15-10-8-9-11-16(15)23-24(6,21)22/h8-11,14H,7,12-13H2,1-6H3/t14-/m0/s1. The highest BCUT2D eigenvalue weighted by Crippen LogP contribution is 2.26. The van der Waals surface area contributed by atoms with Gasteiger partial charge in [0.1, 0.15) is 5.75 Å².